The van der Waals surface area contributed by atoms with Crippen molar-refractivity contribution >= 4 is 22.7 Å². The summed E-state index contributed by atoms with van der Waals surface area (Å²) in [5.41, 5.74) is -0.393. The summed E-state index contributed by atoms with van der Waals surface area (Å²) >= 11 is 0. The van der Waals surface area contributed by atoms with Gasteiger partial charge in [0.05, 0.1) is 19.2 Å². The molecule has 0 radical (unpaired) electrons. The molecule has 10 nitrogen and oxygen atoms in total. The van der Waals surface area contributed by atoms with E-state index in [2.05, 4.69) is 37.4 Å². The lowest BCUT2D eigenvalue weighted by Gasteiger charge is -2.20. The average molecular weight is 454 g/mol. The molecule has 3 aromatic heterocycles. The van der Waals surface area contributed by atoms with Crippen LogP contribution in [0, 0.1) is 11.8 Å². The van der Waals surface area contributed by atoms with E-state index in [1.807, 2.05) is 6.07 Å². The maximum atomic E-state index is 12.7. The maximum absolute atomic E-state index is 12.7. The van der Waals surface area contributed by atoms with Crippen LogP contribution in [0.4, 0.5) is 4.79 Å². The fourth-order valence-electron chi connectivity index (χ4n) is 3.67. The monoisotopic (exact) mass is 454 g/mol. The number of benzene rings is 1. The summed E-state index contributed by atoms with van der Waals surface area (Å²) in [6.07, 6.45) is 8.04. The Morgan fingerprint density at radius 1 is 1.18 bits per heavy atom. The third kappa shape index (κ3) is 3.75. The summed E-state index contributed by atoms with van der Waals surface area (Å²) in [7, 11) is 1.53. The smallest absolute Gasteiger partial charge is 0.323 e. The summed E-state index contributed by atoms with van der Waals surface area (Å²) in [5.74, 6) is 6.09. The number of nitrogens with zero attached hydrogens (tertiary/aromatic N) is 4. The van der Waals surface area contributed by atoms with E-state index in [1.54, 1.807) is 42.9 Å². The summed E-state index contributed by atoms with van der Waals surface area (Å²) in [6, 6.07) is 8.20. The third-order valence-corrected chi connectivity index (χ3v) is 5.41. The normalized spacial score (nSPS) is 17.1. The number of pyridine rings is 1. The van der Waals surface area contributed by atoms with Crippen LogP contribution in [0.5, 0.6) is 11.6 Å². The lowest BCUT2D eigenvalue weighted by atomic mass is 10.00. The molecular formula is C24H18N6O4. The Morgan fingerprint density at radius 3 is 2.68 bits per heavy atom. The molecule has 10 heteroatoms. The fourth-order valence-corrected chi connectivity index (χ4v) is 3.67. The van der Waals surface area contributed by atoms with Gasteiger partial charge in [-0.2, -0.15) is 0 Å². The van der Waals surface area contributed by atoms with Crippen LogP contribution >= 0.6 is 0 Å². The van der Waals surface area contributed by atoms with Crippen molar-refractivity contribution in [3.05, 3.63) is 66.9 Å². The minimum atomic E-state index is -1.60. The van der Waals surface area contributed by atoms with Gasteiger partial charge in [-0.15, -0.1) is 0 Å². The van der Waals surface area contributed by atoms with E-state index in [0.717, 1.165) is 10.9 Å². The topological polar surface area (TPSA) is 131 Å². The Hall–Kier alpha value is -4.91. The highest BCUT2D eigenvalue weighted by Gasteiger charge is 2.46. The molecule has 34 heavy (non-hydrogen) atoms. The Kier molecular flexibility index (Phi) is 5.07. The molecule has 0 aliphatic carbocycles. The molecule has 4 aromatic rings. The van der Waals surface area contributed by atoms with Crippen LogP contribution in [0.3, 0.4) is 0 Å². The van der Waals surface area contributed by atoms with Crippen molar-refractivity contribution in [2.45, 2.75) is 12.1 Å². The van der Waals surface area contributed by atoms with Gasteiger partial charge in [-0.25, -0.2) is 14.8 Å². The van der Waals surface area contributed by atoms with Gasteiger partial charge in [0.2, 0.25) is 5.54 Å². The molecule has 1 aliphatic rings. The molecule has 0 saturated carbocycles. The molecule has 3 N–H and O–H groups in total. The predicted molar refractivity (Wildman–Crippen MR) is 122 cm³/mol. The molecule has 3 amide bonds. The summed E-state index contributed by atoms with van der Waals surface area (Å²) in [6.45, 7) is -0.116. The van der Waals surface area contributed by atoms with Crippen LogP contribution in [0.25, 0.3) is 22.2 Å². The molecule has 1 aromatic carbocycles. The number of carbonyl (C=O) groups excluding carboxylic acids is 2. The number of ether oxygens (including phenoxy) is 1. The van der Waals surface area contributed by atoms with Gasteiger partial charge in [0, 0.05) is 47.3 Å². The summed E-state index contributed by atoms with van der Waals surface area (Å²) in [4.78, 5) is 37.4. The zero-order valence-corrected chi connectivity index (χ0v) is 17.9. The third-order valence-electron chi connectivity index (χ3n) is 5.41. The number of aromatic hydroxyl groups is 1. The van der Waals surface area contributed by atoms with Crippen LogP contribution in [0.2, 0.25) is 0 Å². The largest absolute Gasteiger partial charge is 0.497 e. The average Bonchev–Trinajstić information content (AvgIpc) is 3.32. The van der Waals surface area contributed by atoms with E-state index < -0.39 is 17.5 Å². The highest BCUT2D eigenvalue weighted by molar-refractivity contribution is 6.09. The number of urea groups is 1. The molecule has 0 bridgehead atoms. The number of carbonyl (C=O) groups is 2. The van der Waals surface area contributed by atoms with Crippen molar-refractivity contribution < 1.29 is 19.4 Å². The zero-order chi connectivity index (χ0) is 23.7. The minimum Gasteiger partial charge on any atom is -0.497 e. The van der Waals surface area contributed by atoms with Gasteiger partial charge in [-0.1, -0.05) is 11.8 Å². The van der Waals surface area contributed by atoms with Gasteiger partial charge in [-0.3, -0.25) is 15.1 Å². The molecule has 0 unspecified atom stereocenters. The molecule has 168 valence electrons. The highest BCUT2D eigenvalue weighted by atomic mass is 16.5. The van der Waals surface area contributed by atoms with E-state index >= 15 is 0 Å². The second-order valence-electron chi connectivity index (χ2n) is 7.63. The van der Waals surface area contributed by atoms with E-state index in [-0.39, 0.29) is 12.4 Å². The Labute approximate surface area is 193 Å². The first-order valence-electron chi connectivity index (χ1n) is 10.2. The molecule has 1 aliphatic heterocycles. The molecule has 1 fully saturated rings. The van der Waals surface area contributed by atoms with Crippen LogP contribution < -0.4 is 15.4 Å². The van der Waals surface area contributed by atoms with E-state index in [1.165, 1.54) is 24.1 Å². The number of imide groups is 1. The molecule has 1 saturated heterocycles. The Balaban J connectivity index is 1.48. The standard InChI is InChI=1S/C24H18N6O4/c1-34-18-5-4-17-13-30(21(31)19(17)9-18)14-24(22(32)28-23(33)29-24)7-6-15-10-26-20(27-11-15)16-3-2-8-25-12-16/h2-5,8-13,31H,14H2,1H3,(H2,28,29,32,33)/t24-/m1/s1. The SMILES string of the molecule is COc1ccc2cn(C[C@@]3(C#Cc4cnc(-c5cccnc5)nc4)NC(=O)NC3=O)c(O)c2c1. The number of hydrogen-bond donors (Lipinski definition) is 3. The van der Waals surface area contributed by atoms with Crippen molar-refractivity contribution in [3.63, 3.8) is 0 Å². The quantitative estimate of drug-likeness (QED) is 0.317. The second kappa shape index (κ2) is 8.22. The molecular weight excluding hydrogens is 436 g/mol. The number of fused-ring (bicyclic) bond motifs is 1. The van der Waals surface area contributed by atoms with Crippen molar-refractivity contribution in [1.29, 1.82) is 0 Å². The molecule has 5 rings (SSSR count). The predicted octanol–water partition coefficient (Wildman–Crippen LogP) is 1.84. The van der Waals surface area contributed by atoms with Crippen molar-refractivity contribution in [2.24, 2.45) is 0 Å². The summed E-state index contributed by atoms with van der Waals surface area (Å²) < 4.78 is 6.68. The lowest BCUT2D eigenvalue weighted by Crippen LogP contribution is -2.49. The van der Waals surface area contributed by atoms with E-state index in [4.69, 9.17) is 4.74 Å². The van der Waals surface area contributed by atoms with Crippen molar-refractivity contribution in [2.75, 3.05) is 7.11 Å². The van der Waals surface area contributed by atoms with Crippen LogP contribution in [-0.4, -0.2) is 49.2 Å². The van der Waals surface area contributed by atoms with Gasteiger partial charge < -0.3 is 19.7 Å². The zero-order valence-electron chi connectivity index (χ0n) is 17.9. The first-order chi connectivity index (χ1) is 16.5. The minimum absolute atomic E-state index is 0.0758. The van der Waals surface area contributed by atoms with Gasteiger partial charge >= 0.3 is 6.03 Å². The number of hydrogen-bond acceptors (Lipinski definition) is 7. The number of amides is 3. The van der Waals surface area contributed by atoms with E-state index in [9.17, 15) is 14.7 Å². The maximum Gasteiger partial charge on any atom is 0.323 e. The fraction of sp³-hybridized carbons (Fsp3) is 0.125. The van der Waals surface area contributed by atoms with Gasteiger partial charge in [0.25, 0.3) is 5.91 Å². The van der Waals surface area contributed by atoms with Crippen molar-refractivity contribution in [3.8, 4) is 34.9 Å². The van der Waals surface area contributed by atoms with Crippen molar-refractivity contribution in [1.82, 2.24) is 30.2 Å². The van der Waals surface area contributed by atoms with Crippen LogP contribution in [0.15, 0.2) is 61.3 Å². The van der Waals surface area contributed by atoms with Gasteiger partial charge in [-0.05, 0) is 30.3 Å². The van der Waals surface area contributed by atoms with Gasteiger partial charge in [0.1, 0.15) is 5.75 Å². The van der Waals surface area contributed by atoms with Crippen LogP contribution in [-0.2, 0) is 11.3 Å². The number of aromatic nitrogens is 4. The van der Waals surface area contributed by atoms with E-state index in [0.29, 0.717) is 22.5 Å². The molecule has 4 heterocycles. The highest BCUT2D eigenvalue weighted by Crippen LogP contribution is 2.32. The number of rotatable bonds is 4. The Bertz CT molecular complexity index is 1470. The molecule has 0 spiro atoms. The van der Waals surface area contributed by atoms with Crippen LogP contribution in [0.1, 0.15) is 5.56 Å². The number of nitrogens with one attached hydrogen (secondary N) is 2. The lowest BCUT2D eigenvalue weighted by molar-refractivity contribution is -0.122. The van der Waals surface area contributed by atoms with Gasteiger partial charge in [0.15, 0.2) is 11.7 Å². The summed E-state index contributed by atoms with van der Waals surface area (Å²) in [5, 5.41) is 16.8. The first-order valence-corrected chi connectivity index (χ1v) is 10.2. The Morgan fingerprint density at radius 2 is 2.00 bits per heavy atom. The second-order valence-corrected chi connectivity index (χ2v) is 7.63. The molecule has 1 atom stereocenters. The number of methoxy groups -OCH3 is 1. The first kappa shape index (κ1) is 21.0.